The van der Waals surface area contributed by atoms with Gasteiger partial charge in [-0.05, 0) is 37.8 Å². The Kier molecular flexibility index (Phi) is 4.62. The van der Waals surface area contributed by atoms with Crippen molar-refractivity contribution < 1.29 is 9.18 Å². The molecule has 1 rings (SSSR count). The molecule has 0 unspecified atom stereocenters. The maximum absolute atomic E-state index is 13.7. The first-order chi connectivity index (χ1) is 8.52. The van der Waals surface area contributed by atoms with Crippen molar-refractivity contribution >= 4 is 17.5 Å². The molecule has 0 spiro atoms. The molecule has 0 saturated heterocycles. The summed E-state index contributed by atoms with van der Waals surface area (Å²) in [5.41, 5.74) is -0.456. The topological polar surface area (TPSA) is 29.1 Å². The molecule has 2 nitrogen and oxygen atoms in total. The SMILES string of the molecule is CC(C)(C)CC(C)(C)NC(=O)c1c(F)cccc1Cl. The molecule has 0 radical (unpaired) electrons. The van der Waals surface area contributed by atoms with Crippen LogP contribution in [0.15, 0.2) is 18.2 Å². The van der Waals surface area contributed by atoms with E-state index < -0.39 is 17.3 Å². The lowest BCUT2D eigenvalue weighted by Crippen LogP contribution is -2.46. The van der Waals surface area contributed by atoms with E-state index in [1.165, 1.54) is 18.2 Å². The number of carbonyl (C=O) groups is 1. The van der Waals surface area contributed by atoms with Crippen LogP contribution in [0.2, 0.25) is 5.02 Å². The van der Waals surface area contributed by atoms with Gasteiger partial charge in [0, 0.05) is 5.54 Å². The van der Waals surface area contributed by atoms with E-state index in [1.54, 1.807) is 0 Å². The largest absolute Gasteiger partial charge is 0.347 e. The van der Waals surface area contributed by atoms with Gasteiger partial charge in [-0.2, -0.15) is 0 Å². The molecule has 0 aromatic heterocycles. The zero-order valence-electron chi connectivity index (χ0n) is 12.1. The Morgan fingerprint density at radius 1 is 1.26 bits per heavy atom. The number of nitrogens with one attached hydrogen (secondary N) is 1. The molecule has 0 saturated carbocycles. The first-order valence-electron chi connectivity index (χ1n) is 6.28. The standard InChI is InChI=1S/C15H21ClFNO/c1-14(2,3)9-15(4,5)18-13(19)12-10(16)7-6-8-11(12)17/h6-8H,9H2,1-5H3,(H,18,19). The Morgan fingerprint density at radius 2 is 1.84 bits per heavy atom. The van der Waals surface area contributed by atoms with Crippen LogP contribution in [0.3, 0.4) is 0 Å². The van der Waals surface area contributed by atoms with Gasteiger partial charge in [0.25, 0.3) is 5.91 Å². The van der Waals surface area contributed by atoms with Crippen molar-refractivity contribution in [3.8, 4) is 0 Å². The van der Waals surface area contributed by atoms with Gasteiger partial charge in [0.05, 0.1) is 10.6 Å². The quantitative estimate of drug-likeness (QED) is 0.875. The molecule has 1 N–H and O–H groups in total. The molecule has 1 aromatic carbocycles. The lowest BCUT2D eigenvalue weighted by molar-refractivity contribution is 0.0887. The lowest BCUT2D eigenvalue weighted by Gasteiger charge is -2.33. The molecule has 0 heterocycles. The summed E-state index contributed by atoms with van der Waals surface area (Å²) in [7, 11) is 0. The fourth-order valence-corrected chi connectivity index (χ4v) is 2.70. The Labute approximate surface area is 119 Å². The number of hydrogen-bond acceptors (Lipinski definition) is 1. The Balaban J connectivity index is 2.91. The zero-order valence-corrected chi connectivity index (χ0v) is 12.9. The van der Waals surface area contributed by atoms with E-state index in [4.69, 9.17) is 11.6 Å². The van der Waals surface area contributed by atoms with Crippen LogP contribution in [0.1, 0.15) is 51.4 Å². The molecule has 0 aliphatic heterocycles. The van der Waals surface area contributed by atoms with Gasteiger partial charge in [0.15, 0.2) is 0 Å². The molecular formula is C15H21ClFNO. The maximum atomic E-state index is 13.7. The third-order valence-electron chi connectivity index (χ3n) is 2.61. The molecule has 1 amide bonds. The Morgan fingerprint density at radius 3 is 2.32 bits per heavy atom. The molecule has 0 aliphatic carbocycles. The Hall–Kier alpha value is -1.09. The minimum absolute atomic E-state index is 0.0653. The summed E-state index contributed by atoms with van der Waals surface area (Å²) < 4.78 is 13.7. The molecule has 0 atom stereocenters. The summed E-state index contributed by atoms with van der Waals surface area (Å²) in [6, 6.07) is 4.22. The highest BCUT2D eigenvalue weighted by Gasteiger charge is 2.28. The molecule has 0 aliphatic rings. The highest BCUT2D eigenvalue weighted by Crippen LogP contribution is 2.28. The Bertz CT molecular complexity index is 457. The first kappa shape index (κ1) is 16.0. The highest BCUT2D eigenvalue weighted by molar-refractivity contribution is 6.33. The van der Waals surface area contributed by atoms with Crippen molar-refractivity contribution in [1.29, 1.82) is 0 Å². The fraction of sp³-hybridized carbons (Fsp3) is 0.533. The molecule has 19 heavy (non-hydrogen) atoms. The summed E-state index contributed by atoms with van der Waals surface area (Å²) in [4.78, 5) is 12.2. The summed E-state index contributed by atoms with van der Waals surface area (Å²) in [6.07, 6.45) is 0.776. The minimum atomic E-state index is -0.600. The predicted molar refractivity (Wildman–Crippen MR) is 77.0 cm³/mol. The summed E-state index contributed by atoms with van der Waals surface area (Å²) in [5.74, 6) is -1.08. The molecule has 4 heteroatoms. The molecule has 0 bridgehead atoms. The second-order valence-electron chi connectivity index (χ2n) is 6.67. The van der Waals surface area contributed by atoms with Crippen LogP contribution in [0.5, 0.6) is 0 Å². The van der Waals surface area contributed by atoms with Gasteiger partial charge in [0.2, 0.25) is 0 Å². The van der Waals surface area contributed by atoms with Gasteiger partial charge in [-0.1, -0.05) is 38.4 Å². The van der Waals surface area contributed by atoms with E-state index in [-0.39, 0.29) is 16.0 Å². The van der Waals surface area contributed by atoms with Crippen molar-refractivity contribution in [3.63, 3.8) is 0 Å². The van der Waals surface area contributed by atoms with E-state index in [2.05, 4.69) is 26.1 Å². The van der Waals surface area contributed by atoms with Gasteiger partial charge in [-0.15, -0.1) is 0 Å². The van der Waals surface area contributed by atoms with Crippen LogP contribution in [0.25, 0.3) is 0 Å². The number of carbonyl (C=O) groups excluding carboxylic acids is 1. The average Bonchev–Trinajstić information content (AvgIpc) is 2.11. The molecule has 106 valence electrons. The van der Waals surface area contributed by atoms with E-state index in [0.717, 1.165) is 6.42 Å². The zero-order chi connectivity index (χ0) is 14.8. The van der Waals surface area contributed by atoms with Gasteiger partial charge in [0.1, 0.15) is 5.82 Å². The second-order valence-corrected chi connectivity index (χ2v) is 7.08. The monoisotopic (exact) mass is 285 g/mol. The number of rotatable bonds is 3. The van der Waals surface area contributed by atoms with Crippen LogP contribution in [-0.4, -0.2) is 11.4 Å². The summed E-state index contributed by atoms with van der Waals surface area (Å²) in [5, 5.41) is 2.98. The van der Waals surface area contributed by atoms with Gasteiger partial charge in [-0.25, -0.2) is 4.39 Å². The second kappa shape index (κ2) is 5.49. The van der Waals surface area contributed by atoms with Crippen LogP contribution in [0, 0.1) is 11.2 Å². The number of benzene rings is 1. The third kappa shape index (κ3) is 4.83. The molecule has 0 fully saturated rings. The van der Waals surface area contributed by atoms with Crippen LogP contribution < -0.4 is 5.32 Å². The van der Waals surface area contributed by atoms with Gasteiger partial charge in [-0.3, -0.25) is 4.79 Å². The van der Waals surface area contributed by atoms with Crippen molar-refractivity contribution in [2.45, 2.75) is 46.6 Å². The molecular weight excluding hydrogens is 265 g/mol. The van der Waals surface area contributed by atoms with Crippen molar-refractivity contribution in [1.82, 2.24) is 5.32 Å². The minimum Gasteiger partial charge on any atom is -0.347 e. The summed E-state index contributed by atoms with van der Waals surface area (Å²) in [6.45, 7) is 10.1. The van der Waals surface area contributed by atoms with Crippen LogP contribution in [-0.2, 0) is 0 Å². The average molecular weight is 286 g/mol. The van der Waals surface area contributed by atoms with Crippen molar-refractivity contribution in [2.75, 3.05) is 0 Å². The number of amides is 1. The van der Waals surface area contributed by atoms with E-state index >= 15 is 0 Å². The predicted octanol–water partition coefficient (Wildman–Crippen LogP) is 4.42. The van der Waals surface area contributed by atoms with Crippen LogP contribution in [0.4, 0.5) is 4.39 Å². The van der Waals surface area contributed by atoms with E-state index in [0.29, 0.717) is 0 Å². The smallest absolute Gasteiger partial charge is 0.256 e. The van der Waals surface area contributed by atoms with Gasteiger partial charge < -0.3 is 5.32 Å². The lowest BCUT2D eigenvalue weighted by atomic mass is 9.81. The van der Waals surface area contributed by atoms with Crippen LogP contribution >= 0.6 is 11.6 Å². The number of hydrogen-bond donors (Lipinski definition) is 1. The fourth-order valence-electron chi connectivity index (χ4n) is 2.45. The third-order valence-corrected chi connectivity index (χ3v) is 2.93. The van der Waals surface area contributed by atoms with Crippen molar-refractivity contribution in [2.24, 2.45) is 5.41 Å². The van der Waals surface area contributed by atoms with E-state index in [9.17, 15) is 9.18 Å². The first-order valence-corrected chi connectivity index (χ1v) is 6.66. The summed E-state index contributed by atoms with van der Waals surface area (Å²) >= 11 is 5.89. The maximum Gasteiger partial charge on any atom is 0.256 e. The van der Waals surface area contributed by atoms with Crippen molar-refractivity contribution in [3.05, 3.63) is 34.6 Å². The molecule has 1 aromatic rings. The van der Waals surface area contributed by atoms with Gasteiger partial charge >= 0.3 is 0 Å². The normalized spacial score (nSPS) is 12.4. The number of halogens is 2. The van der Waals surface area contributed by atoms with E-state index in [1.807, 2.05) is 13.8 Å². The highest BCUT2D eigenvalue weighted by atomic mass is 35.5.